The first kappa shape index (κ1) is 19.9. The number of hydrogen-bond acceptors (Lipinski definition) is 6. The normalized spacial score (nSPS) is 14.0. The molecular weight excluding hydrogens is 408 g/mol. The zero-order chi connectivity index (χ0) is 21.0. The molecule has 29 heavy (non-hydrogen) atoms. The van der Waals surface area contributed by atoms with Crippen molar-refractivity contribution in [2.45, 2.75) is 44.5 Å². The highest BCUT2D eigenvalue weighted by Crippen LogP contribution is 2.35. The molecule has 0 aromatic carbocycles. The van der Waals surface area contributed by atoms with Gasteiger partial charge in [0.1, 0.15) is 10.5 Å². The molecule has 0 radical (unpaired) electrons. The number of oxazole rings is 1. The maximum absolute atomic E-state index is 13.0. The molecule has 0 aliphatic heterocycles. The van der Waals surface area contributed by atoms with Crippen molar-refractivity contribution in [1.29, 1.82) is 0 Å². The first-order chi connectivity index (χ1) is 13.7. The Labute approximate surface area is 173 Å². The summed E-state index contributed by atoms with van der Waals surface area (Å²) in [6.07, 6.45) is 3.08. The zero-order valence-electron chi connectivity index (χ0n) is 17.2. The smallest absolute Gasteiger partial charge is 0.249 e. The topological polar surface area (TPSA) is 90.4 Å². The fourth-order valence-corrected chi connectivity index (χ4v) is 5.01. The van der Waals surface area contributed by atoms with E-state index in [0.717, 1.165) is 27.9 Å². The van der Waals surface area contributed by atoms with Gasteiger partial charge in [-0.15, -0.1) is 0 Å². The number of nitrogens with zero attached hydrogens (tertiary/aromatic N) is 4. The maximum atomic E-state index is 13.0. The van der Waals surface area contributed by atoms with E-state index in [0.29, 0.717) is 32.5 Å². The monoisotopic (exact) mass is 430 g/mol. The Morgan fingerprint density at radius 3 is 2.48 bits per heavy atom. The van der Waals surface area contributed by atoms with Gasteiger partial charge in [-0.05, 0) is 44.4 Å². The third-order valence-electron chi connectivity index (χ3n) is 5.42. The third kappa shape index (κ3) is 3.03. The summed E-state index contributed by atoms with van der Waals surface area (Å²) in [4.78, 5) is 9.35. The van der Waals surface area contributed by atoms with Gasteiger partial charge in [0.05, 0.1) is 38.2 Å². The van der Waals surface area contributed by atoms with Crippen molar-refractivity contribution in [3.63, 3.8) is 0 Å². The lowest BCUT2D eigenvalue weighted by Crippen LogP contribution is -2.03. The highest BCUT2D eigenvalue weighted by atomic mass is 32.2. The molecule has 152 valence electrons. The molecule has 0 aliphatic rings. The first-order valence-electron chi connectivity index (χ1n) is 9.22. The largest absolute Gasteiger partial charge is 0.433 e. The summed E-state index contributed by atoms with van der Waals surface area (Å²) in [5, 5.41) is 5.19. The standard InChI is InChI=1S/C20H22N4O3S2/c1-7-29(26)19-17(23-24-13(5)11(3)10(2)12(4)18(19)24)20-22-14-8-16(28(6)25)21-9-15(14)27-20/h8-9H,7H2,1-6H3. The van der Waals surface area contributed by atoms with Crippen LogP contribution in [0.25, 0.3) is 28.2 Å². The molecule has 0 aliphatic carbocycles. The Bertz CT molecular complexity index is 1340. The van der Waals surface area contributed by atoms with E-state index in [1.807, 2.05) is 25.3 Å². The van der Waals surface area contributed by atoms with E-state index in [2.05, 4.69) is 23.8 Å². The van der Waals surface area contributed by atoms with Gasteiger partial charge in [0.2, 0.25) is 5.89 Å². The number of fused-ring (bicyclic) bond motifs is 2. The summed E-state index contributed by atoms with van der Waals surface area (Å²) in [5.74, 6) is 0.746. The minimum atomic E-state index is -1.26. The second-order valence-corrected chi connectivity index (χ2v) is 10.00. The fourth-order valence-electron chi connectivity index (χ4n) is 3.44. The lowest BCUT2D eigenvalue weighted by Gasteiger charge is -2.12. The molecule has 0 amide bonds. The van der Waals surface area contributed by atoms with E-state index in [-0.39, 0.29) is 5.89 Å². The van der Waals surface area contributed by atoms with Crippen LogP contribution in [0.2, 0.25) is 0 Å². The van der Waals surface area contributed by atoms with Crippen LogP contribution in [-0.2, 0) is 21.6 Å². The van der Waals surface area contributed by atoms with Crippen molar-refractivity contribution in [2.75, 3.05) is 12.0 Å². The van der Waals surface area contributed by atoms with Gasteiger partial charge >= 0.3 is 0 Å². The van der Waals surface area contributed by atoms with Crippen molar-refractivity contribution in [2.24, 2.45) is 0 Å². The van der Waals surface area contributed by atoms with Crippen molar-refractivity contribution < 1.29 is 12.8 Å². The molecule has 0 spiro atoms. The average Bonchev–Trinajstić information content (AvgIpc) is 3.30. The predicted molar refractivity (Wildman–Crippen MR) is 114 cm³/mol. The van der Waals surface area contributed by atoms with Crippen LogP contribution in [0.5, 0.6) is 0 Å². The van der Waals surface area contributed by atoms with Gasteiger partial charge in [0.15, 0.2) is 11.3 Å². The lowest BCUT2D eigenvalue weighted by atomic mass is 10.0. The SMILES string of the molecule is CCS(=O)c1c(-c2nc3cc(S(C)=O)ncc3o2)nn2c(C)c(C)c(C)c(C)c12. The van der Waals surface area contributed by atoms with Crippen molar-refractivity contribution in [1.82, 2.24) is 19.6 Å². The summed E-state index contributed by atoms with van der Waals surface area (Å²) in [5.41, 5.74) is 6.68. The molecule has 0 saturated carbocycles. The van der Waals surface area contributed by atoms with Crippen LogP contribution in [0.15, 0.2) is 26.6 Å². The van der Waals surface area contributed by atoms with Gasteiger partial charge in [-0.1, -0.05) is 6.92 Å². The summed E-state index contributed by atoms with van der Waals surface area (Å²) in [6, 6.07) is 1.65. The molecule has 4 rings (SSSR count). The van der Waals surface area contributed by atoms with E-state index in [4.69, 9.17) is 9.52 Å². The number of aromatic nitrogens is 4. The Hall–Kier alpha value is -2.39. The van der Waals surface area contributed by atoms with E-state index in [1.165, 1.54) is 6.20 Å². The van der Waals surface area contributed by atoms with Crippen LogP contribution in [0.4, 0.5) is 0 Å². The van der Waals surface area contributed by atoms with E-state index in [9.17, 15) is 8.42 Å². The summed E-state index contributed by atoms with van der Waals surface area (Å²) < 4.78 is 32.5. The van der Waals surface area contributed by atoms with Gasteiger partial charge in [-0.3, -0.25) is 8.42 Å². The van der Waals surface area contributed by atoms with Crippen molar-refractivity contribution in [3.8, 4) is 11.6 Å². The molecule has 0 bridgehead atoms. The van der Waals surface area contributed by atoms with Crippen molar-refractivity contribution >= 4 is 38.2 Å². The molecule has 4 aromatic heterocycles. The highest BCUT2D eigenvalue weighted by Gasteiger charge is 2.26. The van der Waals surface area contributed by atoms with Gasteiger partial charge in [-0.2, -0.15) is 5.10 Å². The third-order valence-corrected chi connectivity index (χ3v) is 7.60. The number of rotatable bonds is 4. The minimum Gasteiger partial charge on any atom is -0.433 e. The summed E-state index contributed by atoms with van der Waals surface area (Å²) in [6.45, 7) is 10.0. The van der Waals surface area contributed by atoms with Gasteiger partial charge in [-0.25, -0.2) is 14.5 Å². The van der Waals surface area contributed by atoms with Crippen LogP contribution in [0.1, 0.15) is 29.3 Å². The Morgan fingerprint density at radius 1 is 1.10 bits per heavy atom. The molecule has 0 fully saturated rings. The van der Waals surface area contributed by atoms with Gasteiger partial charge < -0.3 is 4.42 Å². The highest BCUT2D eigenvalue weighted by molar-refractivity contribution is 7.85. The summed E-state index contributed by atoms with van der Waals surface area (Å²) in [7, 11) is -2.48. The van der Waals surface area contributed by atoms with Crippen LogP contribution < -0.4 is 0 Å². The maximum Gasteiger partial charge on any atom is 0.249 e. The zero-order valence-corrected chi connectivity index (χ0v) is 18.8. The molecule has 4 aromatic rings. The van der Waals surface area contributed by atoms with E-state index >= 15 is 0 Å². The predicted octanol–water partition coefficient (Wildman–Crippen LogP) is 3.64. The fraction of sp³-hybridized carbons (Fsp3) is 0.350. The lowest BCUT2D eigenvalue weighted by molar-refractivity contribution is 0.611. The van der Waals surface area contributed by atoms with Crippen LogP contribution in [-0.4, -0.2) is 40.0 Å². The number of aryl methyl sites for hydroxylation is 2. The molecule has 9 heteroatoms. The Morgan fingerprint density at radius 2 is 1.83 bits per heavy atom. The molecule has 0 N–H and O–H groups in total. The summed E-state index contributed by atoms with van der Waals surface area (Å²) >= 11 is 0. The van der Waals surface area contributed by atoms with Gasteiger partial charge in [0.25, 0.3) is 0 Å². The molecule has 4 heterocycles. The van der Waals surface area contributed by atoms with E-state index < -0.39 is 21.6 Å². The van der Waals surface area contributed by atoms with Crippen LogP contribution in [0, 0.1) is 27.7 Å². The van der Waals surface area contributed by atoms with Gasteiger partial charge in [0, 0.05) is 23.8 Å². The molecule has 2 unspecified atom stereocenters. The molecule has 0 saturated heterocycles. The second kappa shape index (κ2) is 7.14. The molecular formula is C20H22N4O3S2. The first-order valence-corrected chi connectivity index (χ1v) is 12.1. The van der Waals surface area contributed by atoms with Crippen LogP contribution >= 0.6 is 0 Å². The van der Waals surface area contributed by atoms with E-state index in [1.54, 1.807) is 12.3 Å². The number of hydrogen-bond donors (Lipinski definition) is 0. The van der Waals surface area contributed by atoms with Crippen molar-refractivity contribution in [3.05, 3.63) is 34.6 Å². The minimum absolute atomic E-state index is 0.287. The quantitative estimate of drug-likeness (QED) is 0.491. The molecule has 2 atom stereocenters. The number of pyridine rings is 2. The average molecular weight is 431 g/mol. The Balaban J connectivity index is 2.07. The van der Waals surface area contributed by atoms with Crippen LogP contribution in [0.3, 0.4) is 0 Å². The molecule has 7 nitrogen and oxygen atoms in total. The Kier molecular flexibility index (Phi) is 4.90. The second-order valence-electron chi connectivity index (χ2n) is 7.00.